The van der Waals surface area contributed by atoms with Crippen LogP contribution in [0.2, 0.25) is 0 Å². The first-order valence-corrected chi connectivity index (χ1v) is 8.21. The summed E-state index contributed by atoms with van der Waals surface area (Å²) in [5, 5.41) is 0. The van der Waals surface area contributed by atoms with Gasteiger partial charge in [-0.1, -0.05) is 45.4 Å². The predicted octanol–water partition coefficient (Wildman–Crippen LogP) is 5.75. The Morgan fingerprint density at radius 2 is 1.74 bits per heavy atom. The van der Waals surface area contributed by atoms with E-state index in [0.29, 0.717) is 15.6 Å². The van der Waals surface area contributed by atoms with Gasteiger partial charge in [0, 0.05) is 15.6 Å². The van der Waals surface area contributed by atoms with E-state index in [1.165, 1.54) is 44.2 Å². The third-order valence-electron chi connectivity index (χ3n) is 3.24. The number of carbonyl (C=O) groups excluding carboxylic acids is 1. The largest absolute Gasteiger partial charge is 0.294 e. The molecule has 0 aliphatic heterocycles. The van der Waals surface area contributed by atoms with E-state index in [9.17, 15) is 9.18 Å². The second-order valence-electron chi connectivity index (χ2n) is 4.92. The predicted molar refractivity (Wildman–Crippen MR) is 86.1 cm³/mol. The summed E-state index contributed by atoms with van der Waals surface area (Å²) < 4.78 is 13.7. The maximum Gasteiger partial charge on any atom is 0.163 e. The minimum absolute atomic E-state index is 0.137. The lowest BCUT2D eigenvalue weighted by molar-refractivity contribution is 0.0978. The fraction of sp³-hybridized carbons (Fsp3) is 0.562. The molecule has 0 amide bonds. The molecule has 1 aromatic rings. The standard InChI is InChI=1S/C16H22FIO/c1-2-3-4-5-6-7-8-9-16(19)14-11-10-13(17)12-15(14)18/h10-12H,2-9H2,1H3. The summed E-state index contributed by atoms with van der Waals surface area (Å²) in [5.74, 6) is -0.144. The first-order valence-electron chi connectivity index (χ1n) is 7.13. The molecule has 0 aliphatic rings. The van der Waals surface area contributed by atoms with Crippen LogP contribution >= 0.6 is 22.6 Å². The third kappa shape index (κ3) is 6.50. The monoisotopic (exact) mass is 376 g/mol. The van der Waals surface area contributed by atoms with Crippen LogP contribution in [0.1, 0.15) is 68.6 Å². The second kappa shape index (κ2) is 9.45. The van der Waals surface area contributed by atoms with Crippen LogP contribution in [0.4, 0.5) is 4.39 Å². The Morgan fingerprint density at radius 3 is 2.37 bits per heavy atom. The topological polar surface area (TPSA) is 17.1 Å². The first kappa shape index (κ1) is 16.6. The molecule has 3 heteroatoms. The molecule has 0 atom stereocenters. The molecular weight excluding hydrogens is 354 g/mol. The minimum Gasteiger partial charge on any atom is -0.294 e. The van der Waals surface area contributed by atoms with E-state index in [-0.39, 0.29) is 11.6 Å². The van der Waals surface area contributed by atoms with Crippen molar-refractivity contribution in [2.45, 2.75) is 58.3 Å². The van der Waals surface area contributed by atoms with Gasteiger partial charge in [0.05, 0.1) is 0 Å². The van der Waals surface area contributed by atoms with Gasteiger partial charge in [-0.05, 0) is 47.2 Å². The van der Waals surface area contributed by atoms with Crippen molar-refractivity contribution in [2.24, 2.45) is 0 Å². The van der Waals surface area contributed by atoms with Crippen LogP contribution in [0.3, 0.4) is 0 Å². The van der Waals surface area contributed by atoms with Gasteiger partial charge in [-0.25, -0.2) is 4.39 Å². The van der Waals surface area contributed by atoms with Crippen molar-refractivity contribution in [3.63, 3.8) is 0 Å². The van der Waals surface area contributed by atoms with Crippen molar-refractivity contribution in [3.05, 3.63) is 33.1 Å². The zero-order chi connectivity index (χ0) is 14.1. The van der Waals surface area contributed by atoms with Gasteiger partial charge in [0.15, 0.2) is 5.78 Å². The molecule has 106 valence electrons. The summed E-state index contributed by atoms with van der Waals surface area (Å²) >= 11 is 2.02. The molecule has 0 N–H and O–H groups in total. The molecule has 1 rings (SSSR count). The van der Waals surface area contributed by atoms with Crippen molar-refractivity contribution in [2.75, 3.05) is 0 Å². The highest BCUT2D eigenvalue weighted by Gasteiger charge is 2.10. The number of Topliss-reactive ketones (excluding diaryl/α,β-unsaturated/α-hetero) is 1. The van der Waals surface area contributed by atoms with E-state index < -0.39 is 0 Å². The Kier molecular flexibility index (Phi) is 8.26. The molecule has 0 aromatic heterocycles. The van der Waals surface area contributed by atoms with E-state index in [4.69, 9.17) is 0 Å². The van der Waals surface area contributed by atoms with Crippen LogP contribution in [-0.4, -0.2) is 5.78 Å². The molecule has 0 saturated carbocycles. The lowest BCUT2D eigenvalue weighted by Crippen LogP contribution is -2.02. The average Bonchev–Trinajstić information content (AvgIpc) is 2.37. The van der Waals surface area contributed by atoms with Gasteiger partial charge < -0.3 is 0 Å². The third-order valence-corrected chi connectivity index (χ3v) is 4.13. The van der Waals surface area contributed by atoms with Crippen molar-refractivity contribution in [1.82, 2.24) is 0 Å². The number of carbonyl (C=O) groups is 1. The molecule has 1 aromatic carbocycles. The molecule has 0 spiro atoms. The summed E-state index contributed by atoms with van der Waals surface area (Å²) in [7, 11) is 0. The van der Waals surface area contributed by atoms with Crippen molar-refractivity contribution in [3.8, 4) is 0 Å². The fourth-order valence-corrected chi connectivity index (χ4v) is 2.87. The SMILES string of the molecule is CCCCCCCCCC(=O)c1ccc(F)cc1I. The smallest absolute Gasteiger partial charge is 0.163 e. The Hall–Kier alpha value is -0.450. The van der Waals surface area contributed by atoms with E-state index >= 15 is 0 Å². The molecule has 19 heavy (non-hydrogen) atoms. The Bertz CT molecular complexity index is 404. The molecule has 1 nitrogen and oxygen atoms in total. The molecule has 0 unspecified atom stereocenters. The Labute approximate surface area is 129 Å². The van der Waals surface area contributed by atoms with Crippen LogP contribution in [-0.2, 0) is 0 Å². The zero-order valence-electron chi connectivity index (χ0n) is 11.6. The van der Waals surface area contributed by atoms with Gasteiger partial charge in [0.2, 0.25) is 0 Å². The highest BCUT2D eigenvalue weighted by Crippen LogP contribution is 2.17. The number of rotatable bonds is 9. The highest BCUT2D eigenvalue weighted by molar-refractivity contribution is 14.1. The van der Waals surface area contributed by atoms with Crippen molar-refractivity contribution in [1.29, 1.82) is 0 Å². The summed E-state index contributed by atoms with van der Waals surface area (Å²) in [6, 6.07) is 4.37. The zero-order valence-corrected chi connectivity index (χ0v) is 13.7. The molecule has 0 heterocycles. The highest BCUT2D eigenvalue weighted by atomic mass is 127. The maximum atomic E-state index is 12.9. The lowest BCUT2D eigenvalue weighted by Gasteiger charge is -2.04. The summed E-state index contributed by atoms with van der Waals surface area (Å²) in [6.07, 6.45) is 9.01. The van der Waals surface area contributed by atoms with Gasteiger partial charge >= 0.3 is 0 Å². The summed E-state index contributed by atoms with van der Waals surface area (Å²) in [6.45, 7) is 2.21. The number of unbranched alkanes of at least 4 members (excludes halogenated alkanes) is 6. The van der Waals surface area contributed by atoms with Crippen molar-refractivity contribution < 1.29 is 9.18 Å². The summed E-state index contributed by atoms with van der Waals surface area (Å²) in [5.41, 5.74) is 0.660. The first-order chi connectivity index (χ1) is 9.15. The van der Waals surface area contributed by atoms with Gasteiger partial charge in [-0.15, -0.1) is 0 Å². The number of halogens is 2. The maximum absolute atomic E-state index is 12.9. The van der Waals surface area contributed by atoms with Crippen LogP contribution < -0.4 is 0 Å². The molecule has 0 radical (unpaired) electrons. The number of ketones is 1. The lowest BCUT2D eigenvalue weighted by atomic mass is 10.0. The quantitative estimate of drug-likeness (QED) is 0.305. The average molecular weight is 376 g/mol. The Balaban J connectivity index is 2.24. The molecule has 0 saturated heterocycles. The van der Waals surface area contributed by atoms with E-state index in [2.05, 4.69) is 6.92 Å². The van der Waals surface area contributed by atoms with E-state index in [1.54, 1.807) is 6.07 Å². The van der Waals surface area contributed by atoms with E-state index in [0.717, 1.165) is 12.8 Å². The van der Waals surface area contributed by atoms with E-state index in [1.807, 2.05) is 22.6 Å². The Morgan fingerprint density at radius 1 is 1.11 bits per heavy atom. The van der Waals surface area contributed by atoms with Gasteiger partial charge in [-0.3, -0.25) is 4.79 Å². The van der Waals surface area contributed by atoms with Crippen LogP contribution in [0.5, 0.6) is 0 Å². The molecular formula is C16H22FIO. The fourth-order valence-electron chi connectivity index (χ4n) is 2.09. The van der Waals surface area contributed by atoms with Crippen LogP contribution in [0.25, 0.3) is 0 Å². The van der Waals surface area contributed by atoms with Gasteiger partial charge in [0.25, 0.3) is 0 Å². The van der Waals surface area contributed by atoms with Crippen molar-refractivity contribution >= 4 is 28.4 Å². The summed E-state index contributed by atoms with van der Waals surface area (Å²) in [4.78, 5) is 12.0. The number of hydrogen-bond donors (Lipinski definition) is 0. The van der Waals surface area contributed by atoms with Crippen LogP contribution in [0, 0.1) is 9.39 Å². The molecule has 0 fully saturated rings. The van der Waals surface area contributed by atoms with Gasteiger partial charge in [0.1, 0.15) is 5.82 Å². The number of hydrogen-bond acceptors (Lipinski definition) is 1. The molecule has 0 aliphatic carbocycles. The normalized spacial score (nSPS) is 10.7. The van der Waals surface area contributed by atoms with Gasteiger partial charge in [-0.2, -0.15) is 0 Å². The number of benzene rings is 1. The van der Waals surface area contributed by atoms with Crippen LogP contribution in [0.15, 0.2) is 18.2 Å². The minimum atomic E-state index is -0.281. The molecule has 0 bridgehead atoms. The second-order valence-corrected chi connectivity index (χ2v) is 6.08.